The Morgan fingerprint density at radius 1 is 1.69 bits per heavy atom. The van der Waals surface area contributed by atoms with Crippen molar-refractivity contribution >= 4 is 22.9 Å². The number of thiophene rings is 1. The average Bonchev–Trinajstić information content (AvgIpc) is 2.40. The minimum Gasteiger partial charge on any atom is -0.312 e. The fourth-order valence-corrected chi connectivity index (χ4v) is 3.16. The predicted octanol–water partition coefficient (Wildman–Crippen LogP) is 3.17. The zero-order chi connectivity index (χ0) is 10.3. The highest BCUT2D eigenvalue weighted by Gasteiger charge is 2.27. The van der Waals surface area contributed by atoms with Crippen LogP contribution in [0.25, 0.3) is 0 Å². The van der Waals surface area contributed by atoms with Gasteiger partial charge in [0.25, 0.3) is 0 Å². The third-order valence-electron chi connectivity index (χ3n) is 2.66. The van der Waals surface area contributed by atoms with Crippen LogP contribution in [0.3, 0.4) is 0 Å². The third kappa shape index (κ3) is 1.76. The Balaban J connectivity index is 2.46. The summed E-state index contributed by atoms with van der Waals surface area (Å²) in [6.45, 7) is 6.02. The number of hydrogen-bond acceptors (Lipinski definition) is 2. The number of fused-ring (bicyclic) bond motifs is 1. The zero-order valence-corrected chi connectivity index (χ0v) is 9.50. The summed E-state index contributed by atoms with van der Waals surface area (Å²) >= 11 is 7.63. The molecule has 2 rings (SSSR count). The molecule has 0 aliphatic carbocycles. The van der Waals surface area contributed by atoms with E-state index in [-0.39, 0.29) is 5.41 Å². The summed E-state index contributed by atoms with van der Waals surface area (Å²) in [5.74, 6) is 0. The number of rotatable bonds is 0. The van der Waals surface area contributed by atoms with E-state index in [1.165, 1.54) is 10.4 Å². The standard InChI is InChI=1S/C10H14ClNS/c1-10(2)3-4-12-6-8-7(10)5-9(11)13-8/h5,12H,3-4,6H2,1-2H3/i/hD. The molecule has 1 aromatic heterocycles. The minimum atomic E-state index is 0.161. The molecule has 1 N–H and O–H groups in total. The lowest BCUT2D eigenvalue weighted by Gasteiger charge is -2.22. The van der Waals surface area contributed by atoms with Crippen LogP contribution >= 0.6 is 22.9 Å². The van der Waals surface area contributed by atoms with E-state index in [1.807, 2.05) is 0 Å². The summed E-state index contributed by atoms with van der Waals surface area (Å²) in [6, 6.07) is 2.07. The molecule has 2 heterocycles. The Hall–Kier alpha value is -0.0500. The van der Waals surface area contributed by atoms with Crippen LogP contribution in [0.4, 0.5) is 0 Å². The van der Waals surface area contributed by atoms with Gasteiger partial charge in [-0.15, -0.1) is 11.3 Å². The van der Waals surface area contributed by atoms with Crippen molar-refractivity contribution in [3.8, 4) is 0 Å². The predicted molar refractivity (Wildman–Crippen MR) is 58.7 cm³/mol. The highest BCUT2D eigenvalue weighted by atomic mass is 35.5. The van der Waals surface area contributed by atoms with Crippen LogP contribution in [0.1, 0.15) is 30.7 Å². The molecular formula is C10H14ClNS. The lowest BCUT2D eigenvalue weighted by atomic mass is 9.82. The molecule has 0 spiro atoms. The summed E-state index contributed by atoms with van der Waals surface area (Å²) in [6.07, 6.45) is 1.02. The molecule has 1 nitrogen and oxygen atoms in total. The molecule has 0 bridgehead atoms. The first-order valence-corrected chi connectivity index (χ1v) is 5.71. The Bertz CT molecular complexity index is 348. The minimum absolute atomic E-state index is 0.161. The Labute approximate surface area is 89.6 Å². The van der Waals surface area contributed by atoms with Gasteiger partial charge in [-0.3, -0.25) is 0 Å². The molecular weight excluding hydrogens is 202 g/mol. The zero-order valence-electron chi connectivity index (χ0n) is 8.93. The van der Waals surface area contributed by atoms with Crippen LogP contribution in [0.2, 0.25) is 5.75 Å². The first-order chi connectivity index (χ1) is 6.49. The second-order valence-electron chi connectivity index (χ2n) is 4.13. The van der Waals surface area contributed by atoms with E-state index in [9.17, 15) is 0 Å². The van der Waals surface area contributed by atoms with Gasteiger partial charge in [-0.1, -0.05) is 25.4 Å². The molecule has 0 unspecified atom stereocenters. The molecule has 0 amide bonds. The molecule has 1 aliphatic rings. The molecule has 0 saturated heterocycles. The van der Waals surface area contributed by atoms with Crippen LogP contribution in [0.15, 0.2) is 6.07 Å². The van der Waals surface area contributed by atoms with E-state index in [2.05, 4.69) is 19.9 Å². The van der Waals surface area contributed by atoms with Gasteiger partial charge in [-0.2, -0.15) is 0 Å². The molecule has 0 fully saturated rings. The van der Waals surface area contributed by atoms with Gasteiger partial charge >= 0.3 is 0 Å². The smallest absolute Gasteiger partial charge is 0.123 e. The maximum absolute atomic E-state index is 7.73. The average molecular weight is 217 g/mol. The summed E-state index contributed by atoms with van der Waals surface area (Å²) in [5.41, 5.74) is 1.50. The number of nitrogens with one attached hydrogen (secondary N) is 1. The molecule has 3 heteroatoms. The van der Waals surface area contributed by atoms with Gasteiger partial charge in [-0.25, -0.2) is 0 Å². The van der Waals surface area contributed by atoms with E-state index >= 15 is 0 Å². The van der Waals surface area contributed by atoms with Crippen molar-refractivity contribution in [2.75, 3.05) is 6.54 Å². The number of halogens is 1. The Morgan fingerprint density at radius 3 is 3.23 bits per heavy atom. The summed E-state index contributed by atoms with van der Waals surface area (Å²) in [7, 11) is 0. The second-order valence-corrected chi connectivity index (χ2v) is 5.89. The third-order valence-corrected chi connectivity index (χ3v) is 3.91. The molecule has 72 valence electrons. The fourth-order valence-electron chi connectivity index (χ4n) is 1.76. The fraction of sp³-hybridized carbons (Fsp3) is 0.600. The van der Waals surface area contributed by atoms with E-state index in [4.69, 9.17) is 13.0 Å². The largest absolute Gasteiger partial charge is 0.312 e. The van der Waals surface area contributed by atoms with Crippen LogP contribution in [0, 0.1) is 0 Å². The normalized spacial score (nSPS) is 23.5. The van der Waals surface area contributed by atoms with Crippen molar-refractivity contribution in [2.24, 2.45) is 0 Å². The lowest BCUT2D eigenvalue weighted by molar-refractivity contribution is 0.478. The monoisotopic (exact) mass is 216 g/mol. The highest BCUT2D eigenvalue weighted by molar-refractivity contribution is 7.16. The van der Waals surface area contributed by atoms with Gasteiger partial charge in [0.05, 0.1) is 4.34 Å². The van der Waals surface area contributed by atoms with Gasteiger partial charge in [0.2, 0.25) is 0 Å². The van der Waals surface area contributed by atoms with Gasteiger partial charge in [-0.05, 0) is 30.0 Å². The molecule has 1 aromatic rings. The van der Waals surface area contributed by atoms with E-state index in [0.29, 0.717) is 0 Å². The van der Waals surface area contributed by atoms with Crippen LogP contribution in [-0.4, -0.2) is 6.54 Å². The Morgan fingerprint density at radius 2 is 2.46 bits per heavy atom. The maximum Gasteiger partial charge on any atom is 0.123 e. The molecule has 0 radical (unpaired) electrons. The van der Waals surface area contributed by atoms with Gasteiger partial charge < -0.3 is 5.31 Å². The Kier molecular flexibility index (Phi) is 2.08. The number of hydrogen-bond donors (Lipinski definition) is 1. The quantitative estimate of drug-likeness (QED) is 0.703. The molecule has 13 heavy (non-hydrogen) atoms. The van der Waals surface area contributed by atoms with Crippen molar-refractivity contribution < 1.29 is 1.41 Å². The summed E-state index contributed by atoms with van der Waals surface area (Å²) < 4.78 is 8.57. The first-order valence-electron chi connectivity index (χ1n) is 4.96. The molecule has 1 aliphatic heterocycles. The topological polar surface area (TPSA) is 12.0 Å². The maximum atomic E-state index is 7.73. The molecule has 0 aromatic carbocycles. The van der Waals surface area contributed by atoms with Crippen molar-refractivity contribution in [2.45, 2.75) is 32.2 Å². The highest BCUT2D eigenvalue weighted by Crippen LogP contribution is 2.38. The van der Waals surface area contributed by atoms with Gasteiger partial charge in [0.1, 0.15) is 1.41 Å². The van der Waals surface area contributed by atoms with Crippen molar-refractivity contribution in [3.05, 3.63) is 20.8 Å². The van der Waals surface area contributed by atoms with Crippen molar-refractivity contribution in [3.63, 3.8) is 0 Å². The van der Waals surface area contributed by atoms with E-state index in [1.54, 1.807) is 16.6 Å². The van der Waals surface area contributed by atoms with Crippen molar-refractivity contribution in [1.82, 2.24) is 5.31 Å². The first kappa shape index (κ1) is 8.27. The SMILES string of the molecule is [2H]N1CCC(C)(C)c2cc(Cl)sc2C1. The molecule has 0 atom stereocenters. The summed E-state index contributed by atoms with van der Waals surface area (Å²) in [5, 5.41) is 1.63. The van der Waals surface area contributed by atoms with E-state index in [0.717, 1.165) is 23.8 Å². The van der Waals surface area contributed by atoms with E-state index < -0.39 is 0 Å². The van der Waals surface area contributed by atoms with Gasteiger partial charge in [0.15, 0.2) is 0 Å². The summed E-state index contributed by atoms with van der Waals surface area (Å²) in [4.78, 5) is 1.26. The van der Waals surface area contributed by atoms with Crippen LogP contribution < -0.4 is 5.31 Å². The van der Waals surface area contributed by atoms with Crippen LogP contribution in [0.5, 0.6) is 0 Å². The van der Waals surface area contributed by atoms with Crippen LogP contribution in [-0.2, 0) is 12.0 Å². The lowest BCUT2D eigenvalue weighted by Crippen LogP contribution is -2.19. The van der Waals surface area contributed by atoms with Gasteiger partial charge in [0, 0.05) is 11.4 Å². The van der Waals surface area contributed by atoms with Crippen molar-refractivity contribution in [1.29, 1.82) is 0 Å². The second kappa shape index (κ2) is 3.26. The molecule has 0 saturated carbocycles.